The Morgan fingerprint density at radius 2 is 1.92 bits per heavy atom. The normalized spacial score (nSPS) is 17.4. The van der Waals surface area contributed by atoms with Gasteiger partial charge in [0, 0.05) is 18.5 Å². The van der Waals surface area contributed by atoms with E-state index in [0.717, 1.165) is 12.8 Å². The van der Waals surface area contributed by atoms with Crippen LogP contribution in [0.4, 0.5) is 0 Å². The summed E-state index contributed by atoms with van der Waals surface area (Å²) in [6, 6.07) is 13.1. The minimum Gasteiger partial charge on any atom is -0.465 e. The Balaban J connectivity index is 1.69. The molecule has 0 aromatic heterocycles. The van der Waals surface area contributed by atoms with Crippen molar-refractivity contribution < 1.29 is 14.3 Å². The molecule has 4 rings (SSSR count). The average molecular weight is 370 g/mol. The number of methoxy groups -OCH3 is 1. The van der Waals surface area contributed by atoms with Crippen LogP contribution in [0.25, 0.3) is 0 Å². The topological polar surface area (TPSA) is 46.6 Å². The molecule has 0 saturated heterocycles. The molecular weight excluding hydrogens is 350 g/mol. The molecule has 0 N–H and O–H groups in total. The van der Waals surface area contributed by atoms with Crippen LogP contribution in [0.1, 0.15) is 51.1 Å². The SMILES string of the molecule is COC(=O)c1ccc(Cl)c(C(=O)N2Cc3ccccc3C3(CCC3)C2)c1. The molecule has 2 aromatic carbocycles. The number of benzene rings is 2. The third-order valence-corrected chi connectivity index (χ3v) is 5.99. The van der Waals surface area contributed by atoms with Crippen LogP contribution in [-0.2, 0) is 16.7 Å². The highest BCUT2D eigenvalue weighted by Crippen LogP contribution is 2.48. The molecule has 2 aromatic rings. The third kappa shape index (κ3) is 2.69. The zero-order valence-corrected chi connectivity index (χ0v) is 15.4. The lowest BCUT2D eigenvalue weighted by Crippen LogP contribution is -2.51. The second kappa shape index (κ2) is 6.44. The van der Waals surface area contributed by atoms with E-state index in [1.54, 1.807) is 12.1 Å². The zero-order chi connectivity index (χ0) is 18.3. The molecule has 1 amide bonds. The summed E-state index contributed by atoms with van der Waals surface area (Å²) >= 11 is 6.28. The second-order valence-corrected chi connectivity index (χ2v) is 7.55. The zero-order valence-electron chi connectivity index (χ0n) is 14.6. The van der Waals surface area contributed by atoms with Gasteiger partial charge in [0.05, 0.1) is 23.3 Å². The van der Waals surface area contributed by atoms with E-state index in [4.69, 9.17) is 16.3 Å². The minimum atomic E-state index is -0.477. The van der Waals surface area contributed by atoms with Crippen LogP contribution in [0.5, 0.6) is 0 Å². The molecule has 1 spiro atoms. The van der Waals surface area contributed by atoms with Crippen molar-refractivity contribution in [3.8, 4) is 0 Å². The van der Waals surface area contributed by atoms with Crippen molar-refractivity contribution in [1.82, 2.24) is 4.90 Å². The monoisotopic (exact) mass is 369 g/mol. The maximum atomic E-state index is 13.2. The first kappa shape index (κ1) is 17.1. The highest BCUT2D eigenvalue weighted by atomic mass is 35.5. The average Bonchev–Trinajstić information content (AvgIpc) is 2.65. The predicted molar refractivity (Wildman–Crippen MR) is 99.5 cm³/mol. The number of rotatable bonds is 2. The van der Waals surface area contributed by atoms with Crippen molar-refractivity contribution in [2.24, 2.45) is 0 Å². The molecule has 5 heteroatoms. The molecule has 0 unspecified atom stereocenters. The first-order chi connectivity index (χ1) is 12.5. The number of carbonyl (C=O) groups excluding carboxylic acids is 2. The minimum absolute atomic E-state index is 0.0664. The Morgan fingerprint density at radius 3 is 2.62 bits per heavy atom. The quantitative estimate of drug-likeness (QED) is 0.745. The molecule has 134 valence electrons. The van der Waals surface area contributed by atoms with Crippen LogP contribution in [-0.4, -0.2) is 30.4 Å². The maximum Gasteiger partial charge on any atom is 0.337 e. The molecule has 0 atom stereocenters. The number of fused-ring (bicyclic) bond motifs is 2. The van der Waals surface area contributed by atoms with Crippen molar-refractivity contribution in [2.45, 2.75) is 31.2 Å². The molecule has 26 heavy (non-hydrogen) atoms. The lowest BCUT2D eigenvalue weighted by Gasteiger charge is -2.50. The van der Waals surface area contributed by atoms with E-state index in [0.29, 0.717) is 29.2 Å². The summed E-state index contributed by atoms with van der Waals surface area (Å²) in [5.41, 5.74) is 3.33. The second-order valence-electron chi connectivity index (χ2n) is 7.14. The molecule has 1 saturated carbocycles. The van der Waals surface area contributed by atoms with Gasteiger partial charge >= 0.3 is 5.97 Å². The number of hydrogen-bond donors (Lipinski definition) is 0. The lowest BCUT2D eigenvalue weighted by molar-refractivity contribution is 0.0587. The van der Waals surface area contributed by atoms with Crippen LogP contribution < -0.4 is 0 Å². The Labute approximate surface area is 157 Å². The van der Waals surface area contributed by atoms with E-state index >= 15 is 0 Å². The summed E-state index contributed by atoms with van der Waals surface area (Å²) < 4.78 is 4.76. The van der Waals surface area contributed by atoms with Gasteiger partial charge in [0.25, 0.3) is 5.91 Å². The van der Waals surface area contributed by atoms with Gasteiger partial charge in [0.15, 0.2) is 0 Å². The number of halogens is 1. The lowest BCUT2D eigenvalue weighted by atomic mass is 9.61. The standard InChI is InChI=1S/C21H20ClNO3/c1-26-20(25)14-7-8-18(22)16(11-14)19(24)23-12-15-5-2-3-6-17(15)21(13-23)9-4-10-21/h2-3,5-8,11H,4,9-10,12-13H2,1H3. The van der Waals surface area contributed by atoms with E-state index in [9.17, 15) is 9.59 Å². The van der Waals surface area contributed by atoms with E-state index in [-0.39, 0.29) is 11.3 Å². The largest absolute Gasteiger partial charge is 0.465 e. The van der Waals surface area contributed by atoms with Crippen molar-refractivity contribution in [3.63, 3.8) is 0 Å². The molecule has 1 fully saturated rings. The number of nitrogens with zero attached hydrogens (tertiary/aromatic N) is 1. The summed E-state index contributed by atoms with van der Waals surface area (Å²) in [6.45, 7) is 1.26. The van der Waals surface area contributed by atoms with Gasteiger partial charge in [-0.3, -0.25) is 4.79 Å². The Hall–Kier alpha value is -2.33. The van der Waals surface area contributed by atoms with Crippen LogP contribution in [0.15, 0.2) is 42.5 Å². The maximum absolute atomic E-state index is 13.2. The Kier molecular flexibility index (Phi) is 4.23. The van der Waals surface area contributed by atoms with Crippen molar-refractivity contribution >= 4 is 23.5 Å². The summed E-state index contributed by atoms with van der Waals surface area (Å²) in [4.78, 5) is 26.9. The van der Waals surface area contributed by atoms with Crippen molar-refractivity contribution in [1.29, 1.82) is 0 Å². The first-order valence-corrected chi connectivity index (χ1v) is 9.17. The number of amides is 1. The summed E-state index contributed by atoms with van der Waals surface area (Å²) in [5, 5.41) is 0.351. The molecule has 1 heterocycles. The van der Waals surface area contributed by atoms with Crippen molar-refractivity contribution in [3.05, 3.63) is 69.7 Å². The van der Waals surface area contributed by atoms with E-state index < -0.39 is 5.97 Å². The van der Waals surface area contributed by atoms with Gasteiger partial charge in [-0.15, -0.1) is 0 Å². The summed E-state index contributed by atoms with van der Waals surface area (Å²) in [7, 11) is 1.32. The molecule has 1 aliphatic carbocycles. The van der Waals surface area contributed by atoms with Gasteiger partial charge in [-0.2, -0.15) is 0 Å². The van der Waals surface area contributed by atoms with Gasteiger partial charge < -0.3 is 9.64 Å². The number of hydrogen-bond acceptors (Lipinski definition) is 3. The van der Waals surface area contributed by atoms with Crippen LogP contribution in [0.2, 0.25) is 5.02 Å². The van der Waals surface area contributed by atoms with Gasteiger partial charge in [-0.05, 0) is 42.2 Å². The highest BCUT2D eigenvalue weighted by molar-refractivity contribution is 6.34. The molecular formula is C21H20ClNO3. The van der Waals surface area contributed by atoms with Gasteiger partial charge in [0.2, 0.25) is 0 Å². The fourth-order valence-electron chi connectivity index (χ4n) is 4.17. The van der Waals surface area contributed by atoms with Gasteiger partial charge in [-0.1, -0.05) is 42.3 Å². The van der Waals surface area contributed by atoms with Crippen LogP contribution in [0.3, 0.4) is 0 Å². The van der Waals surface area contributed by atoms with E-state index in [1.165, 1.54) is 30.7 Å². The fraction of sp³-hybridized carbons (Fsp3) is 0.333. The number of ether oxygens (including phenoxy) is 1. The first-order valence-electron chi connectivity index (χ1n) is 8.80. The Bertz CT molecular complexity index is 889. The summed E-state index contributed by atoms with van der Waals surface area (Å²) in [5.74, 6) is -0.614. The smallest absolute Gasteiger partial charge is 0.337 e. The van der Waals surface area contributed by atoms with E-state index in [1.807, 2.05) is 11.0 Å². The molecule has 0 bridgehead atoms. The number of carbonyl (C=O) groups is 2. The van der Waals surface area contributed by atoms with Crippen LogP contribution >= 0.6 is 11.6 Å². The summed E-state index contributed by atoms with van der Waals surface area (Å²) in [6.07, 6.45) is 3.39. The predicted octanol–water partition coefficient (Wildman–Crippen LogP) is 4.20. The van der Waals surface area contributed by atoms with Gasteiger partial charge in [0.1, 0.15) is 0 Å². The fourth-order valence-corrected chi connectivity index (χ4v) is 4.36. The molecule has 4 nitrogen and oxygen atoms in total. The van der Waals surface area contributed by atoms with Crippen molar-refractivity contribution in [2.75, 3.05) is 13.7 Å². The van der Waals surface area contributed by atoms with Gasteiger partial charge in [-0.25, -0.2) is 4.79 Å². The molecule has 0 radical (unpaired) electrons. The number of esters is 1. The Morgan fingerprint density at radius 1 is 1.15 bits per heavy atom. The highest BCUT2D eigenvalue weighted by Gasteiger charge is 2.45. The molecule has 2 aliphatic rings. The third-order valence-electron chi connectivity index (χ3n) is 5.66. The van der Waals surface area contributed by atoms with E-state index in [2.05, 4.69) is 18.2 Å². The van der Waals surface area contributed by atoms with Crippen LogP contribution in [0, 0.1) is 0 Å². The molecule has 1 aliphatic heterocycles.